The first-order valence-electron chi connectivity index (χ1n) is 14.1. The second kappa shape index (κ2) is 11.0. The van der Waals surface area contributed by atoms with Gasteiger partial charge >= 0.3 is 6.01 Å². The van der Waals surface area contributed by atoms with Gasteiger partial charge in [-0.25, -0.2) is 0 Å². The molecule has 2 aromatic carbocycles. The molecule has 1 saturated heterocycles. The number of nitrogens with zero attached hydrogens (tertiary/aromatic N) is 6. The Labute approximate surface area is 230 Å². The number of carbonyl (C=O) groups excluding carboxylic acids is 1. The van der Waals surface area contributed by atoms with E-state index in [0.717, 1.165) is 50.5 Å². The maximum atomic E-state index is 13.0. The van der Waals surface area contributed by atoms with Crippen molar-refractivity contribution in [1.29, 1.82) is 0 Å². The molecule has 2 bridgehead atoms. The minimum atomic E-state index is -0.226. The van der Waals surface area contributed by atoms with Crippen LogP contribution in [0.3, 0.4) is 0 Å². The van der Waals surface area contributed by atoms with E-state index in [1.165, 1.54) is 22.0 Å². The molecule has 2 unspecified atom stereocenters. The highest BCUT2D eigenvalue weighted by atomic mass is 16.5. The number of hydrogen-bond acceptors (Lipinski definition) is 8. The predicted molar refractivity (Wildman–Crippen MR) is 155 cm³/mol. The van der Waals surface area contributed by atoms with Crippen molar-refractivity contribution in [3.05, 3.63) is 53.7 Å². The van der Waals surface area contributed by atoms with Gasteiger partial charge in [-0.2, -0.15) is 9.97 Å². The number of hydrogen-bond donors (Lipinski definition) is 1. The minimum Gasteiger partial charge on any atom is -0.457 e. The zero-order valence-electron chi connectivity index (χ0n) is 23.3. The van der Waals surface area contributed by atoms with E-state index in [9.17, 15) is 4.79 Å². The molecular weight excluding hydrogens is 490 g/mol. The van der Waals surface area contributed by atoms with Crippen LogP contribution in [-0.2, 0) is 17.8 Å². The summed E-state index contributed by atoms with van der Waals surface area (Å²) >= 11 is 0. The molecule has 6 rings (SSSR count). The molecule has 0 aliphatic carbocycles. The van der Waals surface area contributed by atoms with Crippen molar-refractivity contribution in [2.75, 3.05) is 70.2 Å². The van der Waals surface area contributed by atoms with E-state index in [1.54, 1.807) is 4.90 Å². The minimum absolute atomic E-state index is 0.158. The van der Waals surface area contributed by atoms with E-state index in [1.807, 2.05) is 21.1 Å². The zero-order valence-corrected chi connectivity index (χ0v) is 23.3. The Morgan fingerprint density at radius 2 is 1.92 bits per heavy atom. The van der Waals surface area contributed by atoms with Crippen LogP contribution in [0.2, 0.25) is 0 Å². The van der Waals surface area contributed by atoms with Crippen LogP contribution in [0, 0.1) is 0 Å². The fourth-order valence-corrected chi connectivity index (χ4v) is 6.24. The Morgan fingerprint density at radius 3 is 2.79 bits per heavy atom. The number of piperazine rings is 1. The zero-order chi connectivity index (χ0) is 26.9. The van der Waals surface area contributed by atoms with Crippen LogP contribution in [-0.4, -0.2) is 98.2 Å². The quantitative estimate of drug-likeness (QED) is 0.555. The average Bonchev–Trinajstić information content (AvgIpc) is 2.94. The Balaban J connectivity index is 1.41. The topological polar surface area (TPSA) is 77.1 Å². The predicted octanol–water partition coefficient (Wildman–Crippen LogP) is 2.53. The van der Waals surface area contributed by atoms with Crippen LogP contribution in [0.4, 0.5) is 11.5 Å². The van der Waals surface area contributed by atoms with Gasteiger partial charge in [-0.1, -0.05) is 36.4 Å². The molecule has 0 spiro atoms. The third-order valence-corrected chi connectivity index (χ3v) is 8.19. The van der Waals surface area contributed by atoms with Gasteiger partial charge in [0, 0.05) is 68.9 Å². The molecule has 206 valence electrons. The molecule has 1 fully saturated rings. The number of nitrogens with one attached hydrogen (secondary N) is 1. The van der Waals surface area contributed by atoms with Crippen molar-refractivity contribution in [3.63, 3.8) is 0 Å². The Bertz CT molecular complexity index is 1340. The molecule has 3 aliphatic rings. The number of amides is 1. The number of fused-ring (bicyclic) bond motifs is 7. The van der Waals surface area contributed by atoms with Gasteiger partial charge in [0.25, 0.3) is 0 Å². The van der Waals surface area contributed by atoms with Crippen molar-refractivity contribution < 1.29 is 9.53 Å². The van der Waals surface area contributed by atoms with Crippen LogP contribution in [0.5, 0.6) is 6.01 Å². The fourth-order valence-electron chi connectivity index (χ4n) is 6.24. The molecule has 3 aliphatic heterocycles. The van der Waals surface area contributed by atoms with E-state index < -0.39 is 0 Å². The molecule has 0 saturated carbocycles. The summed E-state index contributed by atoms with van der Waals surface area (Å²) < 4.78 is 6.50. The lowest BCUT2D eigenvalue weighted by molar-refractivity contribution is -0.131. The van der Waals surface area contributed by atoms with Gasteiger partial charge in [-0.15, -0.1) is 0 Å². The van der Waals surface area contributed by atoms with Gasteiger partial charge in [0.2, 0.25) is 5.91 Å². The Morgan fingerprint density at radius 1 is 1.08 bits per heavy atom. The molecule has 3 aromatic rings. The summed E-state index contributed by atoms with van der Waals surface area (Å²) in [5.74, 6) is 1.15. The van der Waals surface area contributed by atoms with Crippen LogP contribution >= 0.6 is 0 Å². The highest BCUT2D eigenvalue weighted by Gasteiger charge is 2.32. The van der Waals surface area contributed by atoms with Gasteiger partial charge < -0.3 is 29.7 Å². The molecule has 1 amide bonds. The van der Waals surface area contributed by atoms with E-state index in [2.05, 4.69) is 62.5 Å². The van der Waals surface area contributed by atoms with Crippen molar-refractivity contribution in [3.8, 4) is 6.01 Å². The van der Waals surface area contributed by atoms with E-state index in [0.29, 0.717) is 32.1 Å². The van der Waals surface area contributed by atoms with Crippen LogP contribution in [0.25, 0.3) is 10.8 Å². The number of likely N-dealkylation sites (N-methyl/N-ethyl adjacent to an activating group) is 2. The molecule has 39 heavy (non-hydrogen) atoms. The lowest BCUT2D eigenvalue weighted by atomic mass is 10.00. The summed E-state index contributed by atoms with van der Waals surface area (Å²) in [4.78, 5) is 31.9. The Kier molecular flexibility index (Phi) is 7.27. The van der Waals surface area contributed by atoms with Gasteiger partial charge in [0.15, 0.2) is 0 Å². The third kappa shape index (κ3) is 5.38. The summed E-state index contributed by atoms with van der Waals surface area (Å²) in [5, 5.41) is 6.04. The van der Waals surface area contributed by atoms with Crippen molar-refractivity contribution >= 4 is 28.2 Å². The van der Waals surface area contributed by atoms with E-state index >= 15 is 0 Å². The summed E-state index contributed by atoms with van der Waals surface area (Å²) in [7, 11) is 5.92. The van der Waals surface area contributed by atoms with Crippen molar-refractivity contribution in [2.24, 2.45) is 0 Å². The van der Waals surface area contributed by atoms with Gasteiger partial charge in [-0.05, 0) is 38.4 Å². The first-order chi connectivity index (χ1) is 19.0. The van der Waals surface area contributed by atoms with E-state index in [-0.39, 0.29) is 18.1 Å². The van der Waals surface area contributed by atoms with E-state index in [4.69, 9.17) is 14.7 Å². The molecule has 2 atom stereocenters. The average molecular weight is 530 g/mol. The number of carbonyl (C=O) groups is 1. The van der Waals surface area contributed by atoms with Crippen molar-refractivity contribution in [2.45, 2.75) is 38.0 Å². The first-order valence-corrected chi connectivity index (χ1v) is 14.1. The highest BCUT2D eigenvalue weighted by Crippen LogP contribution is 2.35. The van der Waals surface area contributed by atoms with Crippen LogP contribution in [0.1, 0.15) is 24.1 Å². The largest absolute Gasteiger partial charge is 0.457 e. The summed E-state index contributed by atoms with van der Waals surface area (Å²) in [5.41, 5.74) is 3.49. The van der Waals surface area contributed by atoms with Gasteiger partial charge in [-0.3, -0.25) is 4.79 Å². The van der Waals surface area contributed by atoms with Crippen LogP contribution < -0.4 is 19.9 Å². The Hall–Kier alpha value is -3.43. The molecular formula is C30H39N7O2. The monoisotopic (exact) mass is 529 g/mol. The van der Waals surface area contributed by atoms with Crippen LogP contribution in [0.15, 0.2) is 42.5 Å². The number of ether oxygens (including phenoxy) is 1. The van der Waals surface area contributed by atoms with Gasteiger partial charge in [0.05, 0.1) is 18.8 Å². The molecule has 1 aromatic heterocycles. The standard InChI is InChI=1S/C30H39N7O2/c1-34(2)18-23-19-35(3)28(38)12-11-22-17-31-14-16-37(22)29-25-13-15-36(20-26(25)32-30(33-29)39-23)27-10-6-8-21-7-4-5-9-24(21)27/h4-10,22-23,31H,11-20H2,1-3H3. The second-order valence-electron chi connectivity index (χ2n) is 11.3. The smallest absolute Gasteiger partial charge is 0.319 e. The van der Waals surface area contributed by atoms with Crippen molar-refractivity contribution in [1.82, 2.24) is 25.1 Å². The van der Waals surface area contributed by atoms with Gasteiger partial charge in [0.1, 0.15) is 11.9 Å². The third-order valence-electron chi connectivity index (χ3n) is 8.19. The number of rotatable bonds is 3. The maximum Gasteiger partial charge on any atom is 0.319 e. The summed E-state index contributed by atoms with van der Waals surface area (Å²) in [6.45, 7) is 5.38. The molecule has 9 heteroatoms. The first kappa shape index (κ1) is 25.8. The molecule has 9 nitrogen and oxygen atoms in total. The second-order valence-corrected chi connectivity index (χ2v) is 11.3. The highest BCUT2D eigenvalue weighted by molar-refractivity contribution is 5.94. The normalized spacial score (nSPS) is 22.2. The molecule has 1 N–H and O–H groups in total. The molecule has 4 heterocycles. The number of benzene rings is 2. The number of aromatic nitrogens is 2. The lowest BCUT2D eigenvalue weighted by Crippen LogP contribution is -2.53. The SMILES string of the molecule is CN(C)CC1CN(C)C(=O)CCC2CNCCN2c2nc(nc3c2CCN(c2cccc4ccccc24)C3)O1. The maximum absolute atomic E-state index is 13.0. The lowest BCUT2D eigenvalue weighted by Gasteiger charge is -2.40. The summed E-state index contributed by atoms with van der Waals surface area (Å²) in [6.07, 6.45) is 1.96. The summed E-state index contributed by atoms with van der Waals surface area (Å²) in [6, 6.07) is 15.7. The fraction of sp³-hybridized carbons (Fsp3) is 0.500. The number of anilines is 2. The molecule has 0 radical (unpaired) electrons.